The second-order valence-electron chi connectivity index (χ2n) is 11.1. The summed E-state index contributed by atoms with van der Waals surface area (Å²) in [6, 6.07) is -1.12. The topological polar surface area (TPSA) is 237 Å². The van der Waals surface area contributed by atoms with Gasteiger partial charge in [0.05, 0.1) is 37.1 Å². The van der Waals surface area contributed by atoms with Crippen molar-refractivity contribution in [1.82, 2.24) is 21.5 Å². The highest BCUT2D eigenvalue weighted by atomic mass is 16.6. The molecule has 1 saturated heterocycles. The van der Waals surface area contributed by atoms with Gasteiger partial charge in [0.1, 0.15) is 42.3 Å². The predicted molar refractivity (Wildman–Crippen MR) is 143 cm³/mol. The number of aliphatic hydroxyl groups excluding tert-OH is 5. The van der Waals surface area contributed by atoms with Crippen molar-refractivity contribution in [2.24, 2.45) is 0 Å². The summed E-state index contributed by atoms with van der Waals surface area (Å²) in [6.45, 7) is 10.7. The summed E-state index contributed by atoms with van der Waals surface area (Å²) in [5, 5.41) is 56.7. The van der Waals surface area contributed by atoms with Gasteiger partial charge in [-0.3, -0.25) is 19.8 Å². The highest BCUT2D eigenvalue weighted by Gasteiger charge is 2.54. The maximum absolute atomic E-state index is 12.1. The zero-order valence-electron chi connectivity index (χ0n) is 24.9. The predicted octanol–water partition coefficient (Wildman–Crippen LogP) is -3.25. The maximum atomic E-state index is 12.1. The number of hydrazine groups is 1. The Kier molecular flexibility index (Phi) is 14.5. The SMILES string of the molecule is CC(=O)NNC(O)C(C)(C)OC1C(CO)OC(C(C)(C)OC(C)C(CO)OC(C)C(O)NC=O)C(NC(C)=O)C1O. The van der Waals surface area contributed by atoms with Crippen LogP contribution < -0.4 is 21.5 Å². The number of ether oxygens (including phenoxy) is 4. The van der Waals surface area contributed by atoms with E-state index in [9.17, 15) is 39.9 Å². The van der Waals surface area contributed by atoms with E-state index < -0.39 is 97.5 Å². The second kappa shape index (κ2) is 16.0. The quantitative estimate of drug-likeness (QED) is 0.0456. The first-order chi connectivity index (χ1) is 18.9. The molecule has 41 heavy (non-hydrogen) atoms. The normalized spacial score (nSPS) is 27.2. The molecule has 0 aromatic heterocycles. The van der Waals surface area contributed by atoms with Crippen molar-refractivity contribution in [3.63, 3.8) is 0 Å². The van der Waals surface area contributed by atoms with Crippen LogP contribution >= 0.6 is 0 Å². The van der Waals surface area contributed by atoms with Gasteiger partial charge in [0.15, 0.2) is 6.23 Å². The fourth-order valence-electron chi connectivity index (χ4n) is 4.48. The zero-order chi connectivity index (χ0) is 31.7. The van der Waals surface area contributed by atoms with Crippen LogP contribution in [0.25, 0.3) is 0 Å². The number of hydrogen-bond acceptors (Lipinski definition) is 13. The van der Waals surface area contributed by atoms with Crippen molar-refractivity contribution in [3.05, 3.63) is 0 Å². The summed E-state index contributed by atoms with van der Waals surface area (Å²) in [7, 11) is 0. The molecule has 0 aromatic rings. The molecule has 0 saturated carbocycles. The van der Waals surface area contributed by atoms with Crippen LogP contribution in [-0.4, -0.2) is 129 Å². The second-order valence-corrected chi connectivity index (χ2v) is 11.1. The molecule has 0 aromatic carbocycles. The standard InChI is InChI=1S/C25H48N4O12/c1-12(16(9-30)38-13(2)22(36)26-11-32)40-24(5,6)21-18(27-14(3)33)19(35)20(17(10-31)39-21)41-25(7,8)23(37)29-28-15(4)34/h11-13,16-23,29-31,35-37H,9-10H2,1-8H3,(H,26,32)(H,27,33)(H,28,34). The summed E-state index contributed by atoms with van der Waals surface area (Å²) < 4.78 is 24.0. The van der Waals surface area contributed by atoms with Gasteiger partial charge in [0.25, 0.3) is 0 Å². The first-order valence-corrected chi connectivity index (χ1v) is 13.3. The van der Waals surface area contributed by atoms with Crippen LogP contribution in [0.15, 0.2) is 0 Å². The van der Waals surface area contributed by atoms with Crippen molar-refractivity contribution in [1.29, 1.82) is 0 Å². The fourth-order valence-corrected chi connectivity index (χ4v) is 4.48. The Morgan fingerprint density at radius 2 is 1.66 bits per heavy atom. The highest BCUT2D eigenvalue weighted by Crippen LogP contribution is 2.35. The third kappa shape index (κ3) is 10.7. The molecule has 240 valence electrons. The minimum absolute atomic E-state index is 0.311. The minimum Gasteiger partial charge on any atom is -0.394 e. The lowest BCUT2D eigenvalue weighted by Gasteiger charge is -2.51. The van der Waals surface area contributed by atoms with Crippen LogP contribution in [0.3, 0.4) is 0 Å². The molecular weight excluding hydrogens is 548 g/mol. The summed E-state index contributed by atoms with van der Waals surface area (Å²) in [4.78, 5) is 34.0. The molecule has 0 aliphatic carbocycles. The van der Waals surface area contributed by atoms with Gasteiger partial charge in [0, 0.05) is 13.8 Å². The van der Waals surface area contributed by atoms with E-state index in [0.29, 0.717) is 6.41 Å². The van der Waals surface area contributed by atoms with Gasteiger partial charge in [-0.15, -0.1) is 0 Å². The third-order valence-electron chi connectivity index (χ3n) is 6.70. The Morgan fingerprint density at radius 1 is 1.05 bits per heavy atom. The molecule has 1 aliphatic rings. The molecular formula is C25H48N4O12. The maximum Gasteiger partial charge on any atom is 0.231 e. The van der Waals surface area contributed by atoms with Gasteiger partial charge < -0.3 is 55.1 Å². The van der Waals surface area contributed by atoms with Crippen molar-refractivity contribution >= 4 is 18.2 Å². The first kappa shape index (κ1) is 37.0. The monoisotopic (exact) mass is 596 g/mol. The van der Waals surface area contributed by atoms with E-state index in [1.807, 2.05) is 0 Å². The number of rotatable bonds is 17. The van der Waals surface area contributed by atoms with E-state index in [1.54, 1.807) is 20.8 Å². The van der Waals surface area contributed by atoms with E-state index in [4.69, 9.17) is 18.9 Å². The molecule has 16 nitrogen and oxygen atoms in total. The van der Waals surface area contributed by atoms with Crippen LogP contribution in [0, 0.1) is 0 Å². The van der Waals surface area contributed by atoms with Crippen molar-refractivity contribution in [3.8, 4) is 0 Å². The highest BCUT2D eigenvalue weighted by molar-refractivity contribution is 5.73. The molecule has 9 N–H and O–H groups in total. The van der Waals surface area contributed by atoms with Gasteiger partial charge in [-0.1, -0.05) is 0 Å². The number of aliphatic hydroxyl groups is 5. The molecule has 1 aliphatic heterocycles. The van der Waals surface area contributed by atoms with Crippen LogP contribution in [0.4, 0.5) is 0 Å². The van der Waals surface area contributed by atoms with Crippen molar-refractivity contribution in [2.45, 2.75) is 128 Å². The van der Waals surface area contributed by atoms with Gasteiger partial charge in [-0.05, 0) is 41.5 Å². The number of hydrogen-bond donors (Lipinski definition) is 9. The Hall–Kier alpha value is -1.99. The van der Waals surface area contributed by atoms with E-state index in [0.717, 1.165) is 0 Å². The lowest BCUT2D eigenvalue weighted by molar-refractivity contribution is -0.287. The lowest BCUT2D eigenvalue weighted by Crippen LogP contribution is -2.71. The summed E-state index contributed by atoms with van der Waals surface area (Å²) in [6.07, 6.45) is -10.0. The number of carbonyl (C=O) groups excluding carboxylic acids is 3. The van der Waals surface area contributed by atoms with Gasteiger partial charge >= 0.3 is 0 Å². The third-order valence-corrected chi connectivity index (χ3v) is 6.70. The average molecular weight is 597 g/mol. The number of carbonyl (C=O) groups is 3. The Bertz CT molecular complexity index is 847. The molecule has 1 heterocycles. The van der Waals surface area contributed by atoms with Gasteiger partial charge in [-0.25, -0.2) is 5.43 Å². The largest absolute Gasteiger partial charge is 0.394 e. The molecule has 0 spiro atoms. The first-order valence-electron chi connectivity index (χ1n) is 13.3. The molecule has 16 heteroatoms. The average Bonchev–Trinajstić information content (AvgIpc) is 2.87. The summed E-state index contributed by atoms with van der Waals surface area (Å²) in [5.74, 6) is -0.961. The van der Waals surface area contributed by atoms with Crippen LogP contribution in [-0.2, 0) is 33.3 Å². The van der Waals surface area contributed by atoms with E-state index in [1.165, 1.54) is 34.6 Å². The van der Waals surface area contributed by atoms with Crippen molar-refractivity contribution < 1.29 is 58.9 Å². The smallest absolute Gasteiger partial charge is 0.231 e. The Balaban J connectivity index is 3.21. The Labute approximate surface area is 240 Å². The van der Waals surface area contributed by atoms with Gasteiger partial charge in [0.2, 0.25) is 18.2 Å². The number of nitrogens with one attached hydrogen (secondary N) is 4. The van der Waals surface area contributed by atoms with Crippen molar-refractivity contribution in [2.75, 3.05) is 13.2 Å². The zero-order valence-corrected chi connectivity index (χ0v) is 24.9. The minimum atomic E-state index is -1.46. The molecule has 0 radical (unpaired) electrons. The molecule has 3 amide bonds. The fraction of sp³-hybridized carbons (Fsp3) is 0.880. The van der Waals surface area contributed by atoms with Crippen LogP contribution in [0.5, 0.6) is 0 Å². The van der Waals surface area contributed by atoms with Gasteiger partial charge in [-0.2, -0.15) is 0 Å². The Morgan fingerprint density at radius 3 is 2.15 bits per heavy atom. The van der Waals surface area contributed by atoms with Crippen LogP contribution in [0.1, 0.15) is 55.4 Å². The van der Waals surface area contributed by atoms with E-state index >= 15 is 0 Å². The number of amides is 3. The molecule has 0 bridgehead atoms. The summed E-state index contributed by atoms with van der Waals surface area (Å²) in [5.41, 5.74) is 1.92. The molecule has 10 atom stereocenters. The molecule has 10 unspecified atom stereocenters. The molecule has 1 rings (SSSR count). The van der Waals surface area contributed by atoms with E-state index in [2.05, 4.69) is 21.5 Å². The summed E-state index contributed by atoms with van der Waals surface area (Å²) >= 11 is 0. The van der Waals surface area contributed by atoms with Crippen LogP contribution in [0.2, 0.25) is 0 Å². The molecule has 1 fully saturated rings. The van der Waals surface area contributed by atoms with E-state index in [-0.39, 0.29) is 0 Å². The lowest BCUT2D eigenvalue weighted by atomic mass is 9.84.